The number of carbonyl (C=O) groups excluding carboxylic acids is 3. The summed E-state index contributed by atoms with van der Waals surface area (Å²) in [7, 11) is 0. The zero-order chi connectivity index (χ0) is 27.5. The third kappa shape index (κ3) is 5.85. The van der Waals surface area contributed by atoms with Crippen LogP contribution in [0.5, 0.6) is 11.5 Å². The van der Waals surface area contributed by atoms with Crippen LogP contribution in [0.3, 0.4) is 0 Å². The summed E-state index contributed by atoms with van der Waals surface area (Å²) < 4.78 is 7.60. The van der Waals surface area contributed by atoms with E-state index in [-0.39, 0.29) is 24.1 Å². The second-order valence-corrected chi connectivity index (χ2v) is 9.77. The summed E-state index contributed by atoms with van der Waals surface area (Å²) in [6, 6.07) is 25.6. The molecule has 8 nitrogen and oxygen atoms in total. The molecule has 0 radical (unpaired) electrons. The van der Waals surface area contributed by atoms with Gasteiger partial charge in [0.25, 0.3) is 5.91 Å². The maximum Gasteiger partial charge on any atom is 0.270 e. The van der Waals surface area contributed by atoms with Crippen molar-refractivity contribution in [1.29, 1.82) is 0 Å². The van der Waals surface area contributed by atoms with Crippen LogP contribution < -0.4 is 20.4 Å². The van der Waals surface area contributed by atoms with Crippen LogP contribution in [0.4, 0.5) is 11.4 Å². The third-order valence-corrected chi connectivity index (χ3v) is 6.80. The number of benzene rings is 3. The van der Waals surface area contributed by atoms with Gasteiger partial charge in [0, 0.05) is 41.3 Å². The maximum atomic E-state index is 12.9. The molecular weight excluding hydrogens is 492 g/mol. The van der Waals surface area contributed by atoms with Crippen LogP contribution in [0.2, 0.25) is 0 Å². The Morgan fingerprint density at radius 2 is 1.38 bits per heavy atom. The number of rotatable bonds is 7. The average molecular weight is 523 g/mol. The number of hydrogen-bond acceptors (Lipinski definition) is 4. The van der Waals surface area contributed by atoms with Gasteiger partial charge in [0.2, 0.25) is 11.8 Å². The molecule has 1 aliphatic heterocycles. The Hall–Kier alpha value is -4.85. The van der Waals surface area contributed by atoms with Gasteiger partial charge in [-0.2, -0.15) is 0 Å². The highest BCUT2D eigenvalue weighted by atomic mass is 16.5. The molecule has 1 atom stereocenters. The van der Waals surface area contributed by atoms with Crippen LogP contribution in [-0.2, 0) is 9.59 Å². The van der Waals surface area contributed by atoms with E-state index in [0.717, 1.165) is 28.4 Å². The summed E-state index contributed by atoms with van der Waals surface area (Å²) in [5.41, 5.74) is 7.62. The lowest BCUT2D eigenvalue weighted by Crippen LogP contribution is -2.28. The Balaban J connectivity index is 1.17. The zero-order valence-electron chi connectivity index (χ0n) is 22.1. The molecule has 1 aromatic heterocycles. The van der Waals surface area contributed by atoms with Gasteiger partial charge >= 0.3 is 0 Å². The minimum Gasteiger partial charge on any atom is -0.457 e. The van der Waals surface area contributed by atoms with Crippen molar-refractivity contribution in [2.45, 2.75) is 27.2 Å². The van der Waals surface area contributed by atoms with Gasteiger partial charge in [-0.3, -0.25) is 24.5 Å². The predicted molar refractivity (Wildman–Crippen MR) is 151 cm³/mol. The fourth-order valence-electron chi connectivity index (χ4n) is 4.53. The van der Waals surface area contributed by atoms with Crippen molar-refractivity contribution in [2.24, 2.45) is 5.92 Å². The van der Waals surface area contributed by atoms with Crippen LogP contribution in [0.1, 0.15) is 33.7 Å². The molecular formula is C31H30N4O4. The van der Waals surface area contributed by atoms with E-state index in [4.69, 9.17) is 4.74 Å². The van der Waals surface area contributed by atoms with Crippen LogP contribution in [0.25, 0.3) is 0 Å². The van der Waals surface area contributed by atoms with Crippen molar-refractivity contribution in [3.05, 3.63) is 107 Å². The van der Waals surface area contributed by atoms with Gasteiger partial charge in [0.15, 0.2) is 0 Å². The number of aromatic nitrogens is 1. The fourth-order valence-corrected chi connectivity index (χ4v) is 4.53. The van der Waals surface area contributed by atoms with Crippen molar-refractivity contribution >= 4 is 29.1 Å². The summed E-state index contributed by atoms with van der Waals surface area (Å²) in [6.45, 7) is 6.14. The molecule has 2 heterocycles. The molecule has 0 spiro atoms. The SMILES string of the molecule is Cc1ccc(Oc2ccc(N3C[C@@H](C(=O)Nc4ccc(C(=O)Nn5c(C)ccc5C)cc4)CC3=O)cc2)cc1. The fraction of sp³-hybridized carbons (Fsp3) is 0.194. The minimum atomic E-state index is -0.483. The minimum absolute atomic E-state index is 0.107. The normalized spacial score (nSPS) is 14.8. The molecule has 0 saturated carbocycles. The molecule has 4 aromatic rings. The van der Waals surface area contributed by atoms with E-state index >= 15 is 0 Å². The topological polar surface area (TPSA) is 92.7 Å². The highest BCUT2D eigenvalue weighted by molar-refractivity contribution is 6.04. The standard InChI is InChI=1S/C31H30N4O4/c1-20-4-14-27(15-5-20)39-28-16-12-26(13-17-28)34-19-24(18-29(34)36)30(37)32-25-10-8-23(9-11-25)31(38)33-35-21(2)6-7-22(35)3/h4-17,24H,18-19H2,1-3H3,(H,32,37)(H,33,38)/t24-/m0/s1. The second-order valence-electron chi connectivity index (χ2n) is 9.77. The molecule has 8 heteroatoms. The van der Waals surface area contributed by atoms with Crippen molar-refractivity contribution in [3.8, 4) is 11.5 Å². The van der Waals surface area contributed by atoms with E-state index in [0.29, 0.717) is 23.5 Å². The number of hydrogen-bond donors (Lipinski definition) is 2. The maximum absolute atomic E-state index is 12.9. The van der Waals surface area contributed by atoms with Crippen LogP contribution >= 0.6 is 0 Å². The number of carbonyl (C=O) groups is 3. The lowest BCUT2D eigenvalue weighted by molar-refractivity contribution is -0.122. The number of amides is 3. The molecule has 0 aliphatic carbocycles. The van der Waals surface area contributed by atoms with E-state index in [2.05, 4.69) is 10.7 Å². The molecule has 2 N–H and O–H groups in total. The van der Waals surface area contributed by atoms with Gasteiger partial charge in [0.1, 0.15) is 11.5 Å². The van der Waals surface area contributed by atoms with E-state index in [1.54, 1.807) is 33.8 Å². The molecule has 3 aromatic carbocycles. The Morgan fingerprint density at radius 3 is 2.00 bits per heavy atom. The van der Waals surface area contributed by atoms with Crippen LogP contribution in [0.15, 0.2) is 84.9 Å². The largest absolute Gasteiger partial charge is 0.457 e. The Bertz CT molecular complexity index is 1490. The number of aryl methyl sites for hydroxylation is 3. The zero-order valence-corrected chi connectivity index (χ0v) is 22.1. The first-order chi connectivity index (χ1) is 18.8. The highest BCUT2D eigenvalue weighted by Gasteiger charge is 2.35. The molecule has 0 unspecified atom stereocenters. The second kappa shape index (κ2) is 10.9. The quantitative estimate of drug-likeness (QED) is 0.331. The molecule has 3 amide bonds. The van der Waals surface area contributed by atoms with Crippen molar-refractivity contribution < 1.29 is 19.1 Å². The molecule has 1 saturated heterocycles. The highest BCUT2D eigenvalue weighted by Crippen LogP contribution is 2.29. The molecule has 39 heavy (non-hydrogen) atoms. The van der Waals surface area contributed by atoms with Crippen molar-refractivity contribution in [3.63, 3.8) is 0 Å². The third-order valence-electron chi connectivity index (χ3n) is 6.80. The van der Waals surface area contributed by atoms with Gasteiger partial charge in [-0.15, -0.1) is 0 Å². The molecule has 1 fully saturated rings. The van der Waals surface area contributed by atoms with Gasteiger partial charge in [-0.1, -0.05) is 17.7 Å². The Morgan fingerprint density at radius 1 is 0.795 bits per heavy atom. The Labute approximate surface area is 227 Å². The number of nitrogens with one attached hydrogen (secondary N) is 2. The number of ether oxygens (including phenoxy) is 1. The van der Waals surface area contributed by atoms with E-state index < -0.39 is 5.92 Å². The van der Waals surface area contributed by atoms with Gasteiger partial charge < -0.3 is 15.0 Å². The van der Waals surface area contributed by atoms with Gasteiger partial charge in [-0.25, -0.2) is 0 Å². The van der Waals surface area contributed by atoms with Gasteiger partial charge in [0.05, 0.1) is 5.92 Å². The first-order valence-electron chi connectivity index (χ1n) is 12.8. The lowest BCUT2D eigenvalue weighted by atomic mass is 10.1. The number of nitrogens with zero attached hydrogens (tertiary/aromatic N) is 2. The molecule has 5 rings (SSSR count). The summed E-state index contributed by atoms with van der Waals surface area (Å²) in [6.07, 6.45) is 0.128. The smallest absolute Gasteiger partial charge is 0.270 e. The van der Waals surface area contributed by atoms with E-state index in [9.17, 15) is 14.4 Å². The molecule has 198 valence electrons. The lowest BCUT2D eigenvalue weighted by Gasteiger charge is -2.17. The number of anilines is 2. The van der Waals surface area contributed by atoms with Crippen LogP contribution in [-0.4, -0.2) is 28.9 Å². The summed E-state index contributed by atoms with van der Waals surface area (Å²) >= 11 is 0. The summed E-state index contributed by atoms with van der Waals surface area (Å²) in [5, 5.41) is 2.87. The first kappa shape index (κ1) is 25.8. The average Bonchev–Trinajstić information content (AvgIpc) is 3.48. The van der Waals surface area contributed by atoms with E-state index in [1.807, 2.05) is 81.4 Å². The van der Waals surface area contributed by atoms with E-state index in [1.165, 1.54) is 0 Å². The van der Waals surface area contributed by atoms with Gasteiger partial charge in [-0.05, 0) is 93.6 Å². The predicted octanol–water partition coefficient (Wildman–Crippen LogP) is 5.58. The molecule has 1 aliphatic rings. The van der Waals surface area contributed by atoms with Crippen molar-refractivity contribution in [2.75, 3.05) is 22.2 Å². The first-order valence-corrected chi connectivity index (χ1v) is 12.8. The Kier molecular flexibility index (Phi) is 7.19. The van der Waals surface area contributed by atoms with Crippen molar-refractivity contribution in [1.82, 2.24) is 4.68 Å². The summed E-state index contributed by atoms with van der Waals surface area (Å²) in [4.78, 5) is 39.9. The molecule has 0 bridgehead atoms. The monoisotopic (exact) mass is 522 g/mol. The summed E-state index contributed by atoms with van der Waals surface area (Å²) in [5.74, 6) is 0.332. The van der Waals surface area contributed by atoms with Crippen LogP contribution in [0, 0.1) is 26.7 Å².